The van der Waals surface area contributed by atoms with Crippen molar-refractivity contribution in [2.24, 2.45) is 11.7 Å². The van der Waals surface area contributed by atoms with E-state index < -0.39 is 0 Å². The molecule has 0 aliphatic rings. The average Bonchev–Trinajstić information content (AvgIpc) is 2.30. The second-order valence-corrected chi connectivity index (χ2v) is 4.57. The van der Waals surface area contributed by atoms with Gasteiger partial charge in [-0.3, -0.25) is 9.78 Å². The van der Waals surface area contributed by atoms with Crippen molar-refractivity contribution >= 4 is 5.91 Å². The topological polar surface area (TPSA) is 68.0 Å². The fourth-order valence-electron chi connectivity index (χ4n) is 1.42. The van der Waals surface area contributed by atoms with E-state index in [9.17, 15) is 4.79 Å². The van der Waals surface area contributed by atoms with Crippen LogP contribution in [0.1, 0.15) is 25.8 Å². The Morgan fingerprint density at radius 3 is 2.65 bits per heavy atom. The van der Waals surface area contributed by atoms with E-state index in [0.717, 1.165) is 6.42 Å². The van der Waals surface area contributed by atoms with Gasteiger partial charge in [-0.25, -0.2) is 0 Å². The zero-order valence-corrected chi connectivity index (χ0v) is 10.5. The molecule has 1 atom stereocenters. The molecule has 4 heteroatoms. The summed E-state index contributed by atoms with van der Waals surface area (Å²) in [4.78, 5) is 15.5. The molecule has 0 aromatic carbocycles. The van der Waals surface area contributed by atoms with E-state index >= 15 is 0 Å². The van der Waals surface area contributed by atoms with E-state index in [1.54, 1.807) is 12.4 Å². The number of hydrogen-bond donors (Lipinski definition) is 2. The highest BCUT2D eigenvalue weighted by atomic mass is 16.1. The van der Waals surface area contributed by atoms with Crippen LogP contribution in [0.2, 0.25) is 0 Å². The molecule has 1 amide bonds. The second-order valence-electron chi connectivity index (χ2n) is 4.57. The van der Waals surface area contributed by atoms with E-state index in [4.69, 9.17) is 5.73 Å². The molecule has 4 nitrogen and oxygen atoms in total. The SMILES string of the molecule is CC(C)C(N)CC(=O)NCCc1ccncc1. The molecule has 0 saturated heterocycles. The maximum Gasteiger partial charge on any atom is 0.221 e. The van der Waals surface area contributed by atoms with Gasteiger partial charge >= 0.3 is 0 Å². The Morgan fingerprint density at radius 2 is 2.06 bits per heavy atom. The Bertz CT molecular complexity index is 338. The third-order valence-corrected chi connectivity index (χ3v) is 2.76. The normalized spacial score (nSPS) is 12.5. The fraction of sp³-hybridized carbons (Fsp3) is 0.538. The number of rotatable bonds is 6. The summed E-state index contributed by atoms with van der Waals surface area (Å²) < 4.78 is 0. The van der Waals surface area contributed by atoms with Crippen molar-refractivity contribution in [2.75, 3.05) is 6.54 Å². The molecular weight excluding hydrogens is 214 g/mol. The molecule has 0 bridgehead atoms. The molecule has 1 aromatic heterocycles. The van der Waals surface area contributed by atoms with Gasteiger partial charge in [0, 0.05) is 31.4 Å². The largest absolute Gasteiger partial charge is 0.356 e. The van der Waals surface area contributed by atoms with E-state index in [0.29, 0.717) is 18.9 Å². The lowest BCUT2D eigenvalue weighted by molar-refractivity contribution is -0.121. The first-order valence-corrected chi connectivity index (χ1v) is 6.00. The molecule has 1 heterocycles. The molecule has 0 radical (unpaired) electrons. The number of hydrogen-bond acceptors (Lipinski definition) is 3. The van der Waals surface area contributed by atoms with Crippen LogP contribution < -0.4 is 11.1 Å². The summed E-state index contributed by atoms with van der Waals surface area (Å²) in [6.07, 6.45) is 4.73. The lowest BCUT2D eigenvalue weighted by Crippen LogP contribution is -2.35. The summed E-state index contributed by atoms with van der Waals surface area (Å²) in [5.74, 6) is 0.362. The van der Waals surface area contributed by atoms with Gasteiger partial charge in [-0.05, 0) is 30.0 Å². The van der Waals surface area contributed by atoms with Crippen molar-refractivity contribution < 1.29 is 4.79 Å². The standard InChI is InChI=1S/C13H21N3O/c1-10(2)12(14)9-13(17)16-8-5-11-3-6-15-7-4-11/h3-4,6-7,10,12H,5,8-9,14H2,1-2H3,(H,16,17). The third-order valence-electron chi connectivity index (χ3n) is 2.76. The maximum absolute atomic E-state index is 11.5. The van der Waals surface area contributed by atoms with Crippen LogP contribution in [-0.2, 0) is 11.2 Å². The molecule has 17 heavy (non-hydrogen) atoms. The zero-order valence-electron chi connectivity index (χ0n) is 10.5. The van der Waals surface area contributed by atoms with Crippen LogP contribution in [0.15, 0.2) is 24.5 Å². The van der Waals surface area contributed by atoms with E-state index in [-0.39, 0.29) is 11.9 Å². The lowest BCUT2D eigenvalue weighted by atomic mass is 10.0. The molecule has 1 rings (SSSR count). The minimum absolute atomic E-state index is 0.0280. The maximum atomic E-state index is 11.5. The van der Waals surface area contributed by atoms with Crippen LogP contribution in [0, 0.1) is 5.92 Å². The van der Waals surface area contributed by atoms with E-state index in [1.165, 1.54) is 5.56 Å². The van der Waals surface area contributed by atoms with Gasteiger partial charge in [0.05, 0.1) is 0 Å². The van der Waals surface area contributed by atoms with Crippen molar-refractivity contribution in [1.82, 2.24) is 10.3 Å². The highest BCUT2D eigenvalue weighted by Crippen LogP contribution is 2.02. The van der Waals surface area contributed by atoms with Gasteiger partial charge in [0.15, 0.2) is 0 Å². The van der Waals surface area contributed by atoms with E-state index in [2.05, 4.69) is 10.3 Å². The van der Waals surface area contributed by atoms with Crippen LogP contribution in [0.5, 0.6) is 0 Å². The van der Waals surface area contributed by atoms with Crippen LogP contribution in [0.4, 0.5) is 0 Å². The summed E-state index contributed by atoms with van der Waals surface area (Å²) in [7, 11) is 0. The molecule has 1 aromatic rings. The van der Waals surface area contributed by atoms with Gasteiger partial charge in [0.25, 0.3) is 0 Å². The molecular formula is C13H21N3O. The Morgan fingerprint density at radius 1 is 1.41 bits per heavy atom. The van der Waals surface area contributed by atoms with Crippen LogP contribution in [0.3, 0.4) is 0 Å². The van der Waals surface area contributed by atoms with Gasteiger partial charge in [0.2, 0.25) is 5.91 Å². The van der Waals surface area contributed by atoms with Gasteiger partial charge in [0.1, 0.15) is 0 Å². The number of amides is 1. The first-order valence-electron chi connectivity index (χ1n) is 6.00. The predicted molar refractivity (Wildman–Crippen MR) is 68.4 cm³/mol. The van der Waals surface area contributed by atoms with Crippen LogP contribution in [0.25, 0.3) is 0 Å². The summed E-state index contributed by atoms with van der Waals surface area (Å²) in [5, 5.41) is 2.88. The summed E-state index contributed by atoms with van der Waals surface area (Å²) in [5.41, 5.74) is 7.01. The number of aromatic nitrogens is 1. The van der Waals surface area contributed by atoms with Crippen molar-refractivity contribution in [1.29, 1.82) is 0 Å². The van der Waals surface area contributed by atoms with Crippen LogP contribution >= 0.6 is 0 Å². The monoisotopic (exact) mass is 235 g/mol. The lowest BCUT2D eigenvalue weighted by Gasteiger charge is -2.14. The molecule has 1 unspecified atom stereocenters. The van der Waals surface area contributed by atoms with Crippen LogP contribution in [-0.4, -0.2) is 23.5 Å². The minimum atomic E-state index is -0.0593. The Kier molecular flexibility index (Phi) is 5.63. The summed E-state index contributed by atoms with van der Waals surface area (Å²) in [6, 6.07) is 3.84. The number of nitrogens with one attached hydrogen (secondary N) is 1. The Balaban J connectivity index is 2.21. The number of pyridine rings is 1. The number of nitrogens with zero attached hydrogens (tertiary/aromatic N) is 1. The summed E-state index contributed by atoms with van der Waals surface area (Å²) >= 11 is 0. The number of carbonyl (C=O) groups is 1. The van der Waals surface area contributed by atoms with Crippen molar-refractivity contribution in [3.05, 3.63) is 30.1 Å². The first kappa shape index (κ1) is 13.6. The molecule has 0 spiro atoms. The first-order chi connectivity index (χ1) is 8.09. The Hall–Kier alpha value is -1.42. The minimum Gasteiger partial charge on any atom is -0.356 e. The van der Waals surface area contributed by atoms with Gasteiger partial charge < -0.3 is 11.1 Å². The second kappa shape index (κ2) is 7.01. The Labute approximate surface area is 103 Å². The van der Waals surface area contributed by atoms with Crippen molar-refractivity contribution in [3.8, 4) is 0 Å². The van der Waals surface area contributed by atoms with Gasteiger partial charge in [-0.2, -0.15) is 0 Å². The van der Waals surface area contributed by atoms with Gasteiger partial charge in [-0.1, -0.05) is 13.8 Å². The molecule has 0 saturated carbocycles. The highest BCUT2D eigenvalue weighted by Gasteiger charge is 2.12. The predicted octanol–water partition coefficient (Wildman–Crippen LogP) is 1.11. The average molecular weight is 235 g/mol. The smallest absolute Gasteiger partial charge is 0.221 e. The van der Waals surface area contributed by atoms with Crippen molar-refractivity contribution in [2.45, 2.75) is 32.7 Å². The van der Waals surface area contributed by atoms with Gasteiger partial charge in [-0.15, -0.1) is 0 Å². The van der Waals surface area contributed by atoms with Crippen molar-refractivity contribution in [3.63, 3.8) is 0 Å². The molecule has 0 aliphatic heterocycles. The quantitative estimate of drug-likeness (QED) is 0.776. The molecule has 94 valence electrons. The number of carbonyl (C=O) groups excluding carboxylic acids is 1. The summed E-state index contributed by atoms with van der Waals surface area (Å²) in [6.45, 7) is 4.69. The molecule has 3 N–H and O–H groups in total. The number of nitrogens with two attached hydrogens (primary N) is 1. The fourth-order valence-corrected chi connectivity index (χ4v) is 1.42. The molecule has 0 aliphatic carbocycles. The molecule has 0 fully saturated rings. The highest BCUT2D eigenvalue weighted by molar-refractivity contribution is 5.76. The zero-order chi connectivity index (χ0) is 12.7. The van der Waals surface area contributed by atoms with E-state index in [1.807, 2.05) is 26.0 Å². The third kappa shape index (κ3) is 5.45.